The molecule has 0 aliphatic rings. The minimum Gasteiger partial charge on any atom is -0.394 e. The second kappa shape index (κ2) is 69.3. The number of allylic oxidation sites excluding steroid dienone is 18. The molecular formula is C75H133NO3. The van der Waals surface area contributed by atoms with E-state index in [1.54, 1.807) is 0 Å². The van der Waals surface area contributed by atoms with Gasteiger partial charge in [0.2, 0.25) is 5.91 Å². The van der Waals surface area contributed by atoms with E-state index in [0.717, 1.165) is 96.3 Å². The van der Waals surface area contributed by atoms with Gasteiger partial charge in [-0.2, -0.15) is 0 Å². The molecule has 0 aliphatic carbocycles. The first kappa shape index (κ1) is 76.0. The summed E-state index contributed by atoms with van der Waals surface area (Å²) in [4.78, 5) is 12.6. The summed E-state index contributed by atoms with van der Waals surface area (Å²) in [6, 6.07) is -0.553. The van der Waals surface area contributed by atoms with Gasteiger partial charge in [-0.1, -0.05) is 361 Å². The molecule has 0 aromatic heterocycles. The molecule has 0 saturated carbocycles. The normalized spacial score (nSPS) is 13.4. The van der Waals surface area contributed by atoms with Crippen molar-refractivity contribution in [1.82, 2.24) is 5.32 Å². The third-order valence-electron chi connectivity index (χ3n) is 15.5. The molecule has 0 rings (SSSR count). The van der Waals surface area contributed by atoms with Crippen molar-refractivity contribution in [2.45, 2.75) is 353 Å². The summed E-state index contributed by atoms with van der Waals surface area (Å²) < 4.78 is 0. The topological polar surface area (TPSA) is 69.6 Å². The number of amides is 1. The molecule has 4 heteroatoms. The molecule has 0 aliphatic heterocycles. The van der Waals surface area contributed by atoms with Crippen LogP contribution in [0.15, 0.2) is 109 Å². The molecule has 0 spiro atoms. The summed E-state index contributed by atoms with van der Waals surface area (Å²) in [6.07, 6.45) is 104. The maximum atomic E-state index is 12.6. The standard InChI is InChI=1S/C75H133NO3/c1-3-5-7-9-11-13-15-17-19-21-23-25-27-29-31-33-35-37-38-39-41-43-45-47-49-51-53-55-57-59-61-63-65-67-69-71-75(79)76-73(72-77)74(78)70-68-66-64-62-60-58-56-54-52-50-48-46-44-42-40-36-34-32-30-28-26-24-22-20-18-16-14-12-10-8-6-4-2/h5,7,11,13,17,19,23,25,29,31,35,37,39,41,45,47,51,53,73-74,77-78H,3-4,6,8-10,12,14-16,18,20-22,24,26-28,30,32-34,36,38,40,42-44,46,48-50,52,54-72H2,1-2H3,(H,76,79)/b7-5-,13-11-,19-17-,25-23-,31-29-,37-35-,41-39-,47-45-,53-51-. The Morgan fingerprint density at radius 1 is 0.316 bits per heavy atom. The highest BCUT2D eigenvalue weighted by molar-refractivity contribution is 5.76. The van der Waals surface area contributed by atoms with Gasteiger partial charge in [0, 0.05) is 6.42 Å². The van der Waals surface area contributed by atoms with E-state index in [1.807, 2.05) is 0 Å². The van der Waals surface area contributed by atoms with Gasteiger partial charge in [-0.25, -0.2) is 0 Å². The first-order chi connectivity index (χ1) is 39.2. The molecule has 0 fully saturated rings. The minimum absolute atomic E-state index is 0.0425. The predicted molar refractivity (Wildman–Crippen MR) is 354 cm³/mol. The smallest absolute Gasteiger partial charge is 0.220 e. The summed E-state index contributed by atoms with van der Waals surface area (Å²) in [5, 5.41) is 23.5. The van der Waals surface area contributed by atoms with E-state index in [4.69, 9.17) is 0 Å². The Morgan fingerprint density at radius 2 is 0.557 bits per heavy atom. The van der Waals surface area contributed by atoms with Crippen LogP contribution in [-0.2, 0) is 4.79 Å². The molecule has 0 radical (unpaired) electrons. The van der Waals surface area contributed by atoms with Gasteiger partial charge < -0.3 is 15.5 Å². The molecule has 456 valence electrons. The quantitative estimate of drug-likeness (QED) is 0.0420. The van der Waals surface area contributed by atoms with Gasteiger partial charge in [-0.05, 0) is 83.5 Å². The summed E-state index contributed by atoms with van der Waals surface area (Å²) in [6.45, 7) is 4.27. The maximum absolute atomic E-state index is 12.6. The number of carbonyl (C=O) groups is 1. The van der Waals surface area contributed by atoms with Gasteiger partial charge in [-0.3, -0.25) is 4.79 Å². The Balaban J connectivity index is 3.52. The minimum atomic E-state index is -0.674. The third kappa shape index (κ3) is 65.7. The zero-order valence-electron chi connectivity index (χ0n) is 52.6. The summed E-state index contributed by atoms with van der Waals surface area (Å²) in [5.74, 6) is -0.0425. The van der Waals surface area contributed by atoms with Crippen LogP contribution in [0.1, 0.15) is 341 Å². The number of unbranched alkanes of at least 4 members (excludes halogenated alkanes) is 38. The number of nitrogens with one attached hydrogen (secondary N) is 1. The number of hydrogen-bond donors (Lipinski definition) is 3. The first-order valence-corrected chi connectivity index (χ1v) is 34.6. The van der Waals surface area contributed by atoms with Crippen LogP contribution in [0.2, 0.25) is 0 Å². The van der Waals surface area contributed by atoms with Crippen LogP contribution in [0.3, 0.4) is 0 Å². The van der Waals surface area contributed by atoms with Gasteiger partial charge in [0.1, 0.15) is 0 Å². The molecule has 3 N–H and O–H groups in total. The highest BCUT2D eigenvalue weighted by atomic mass is 16.3. The number of carbonyl (C=O) groups excluding carboxylic acids is 1. The average Bonchev–Trinajstić information content (AvgIpc) is 3.45. The van der Waals surface area contributed by atoms with Gasteiger partial charge in [0.25, 0.3) is 0 Å². The molecule has 2 unspecified atom stereocenters. The van der Waals surface area contributed by atoms with Gasteiger partial charge in [0.05, 0.1) is 18.8 Å². The highest BCUT2D eigenvalue weighted by Gasteiger charge is 2.20. The van der Waals surface area contributed by atoms with Crippen LogP contribution in [-0.4, -0.2) is 34.9 Å². The van der Waals surface area contributed by atoms with E-state index in [2.05, 4.69) is 129 Å². The van der Waals surface area contributed by atoms with Gasteiger partial charge in [-0.15, -0.1) is 0 Å². The highest BCUT2D eigenvalue weighted by Crippen LogP contribution is 2.18. The Hall–Kier alpha value is -2.95. The van der Waals surface area contributed by atoms with Crippen LogP contribution >= 0.6 is 0 Å². The van der Waals surface area contributed by atoms with E-state index < -0.39 is 12.1 Å². The van der Waals surface area contributed by atoms with Crippen LogP contribution in [0.4, 0.5) is 0 Å². The number of aliphatic hydroxyl groups excluding tert-OH is 2. The lowest BCUT2D eigenvalue weighted by molar-refractivity contribution is -0.123. The molecule has 2 atom stereocenters. The fourth-order valence-electron chi connectivity index (χ4n) is 10.4. The SMILES string of the molecule is CC/C=C\C/C=C\C/C=C\C/C=C\C/C=C\C/C=C\C/C=C\C/C=C\C/C=C\CCCCCCCCCC(=O)NC(CO)C(O)CCCCCCCCCCCCCCCCCCCCCCCCCCCCCCCCCC. The summed E-state index contributed by atoms with van der Waals surface area (Å²) in [5.41, 5.74) is 0. The lowest BCUT2D eigenvalue weighted by atomic mass is 10.0. The predicted octanol–water partition coefficient (Wildman–Crippen LogP) is 23.8. The fraction of sp³-hybridized carbons (Fsp3) is 0.747. The molecule has 0 aromatic rings. The molecule has 1 amide bonds. The lowest BCUT2D eigenvalue weighted by Gasteiger charge is -2.22. The monoisotopic (exact) mass is 1100 g/mol. The van der Waals surface area contributed by atoms with Crippen LogP contribution in [0.5, 0.6) is 0 Å². The van der Waals surface area contributed by atoms with Crippen molar-refractivity contribution in [3.8, 4) is 0 Å². The van der Waals surface area contributed by atoms with Crippen LogP contribution in [0.25, 0.3) is 0 Å². The lowest BCUT2D eigenvalue weighted by Crippen LogP contribution is -2.45. The fourth-order valence-corrected chi connectivity index (χ4v) is 10.4. The second-order valence-corrected chi connectivity index (χ2v) is 23.2. The van der Waals surface area contributed by atoms with Gasteiger partial charge >= 0.3 is 0 Å². The van der Waals surface area contributed by atoms with E-state index >= 15 is 0 Å². The Morgan fingerprint density at radius 3 is 0.835 bits per heavy atom. The van der Waals surface area contributed by atoms with Crippen molar-refractivity contribution in [3.63, 3.8) is 0 Å². The van der Waals surface area contributed by atoms with Crippen molar-refractivity contribution < 1.29 is 15.0 Å². The van der Waals surface area contributed by atoms with Crippen molar-refractivity contribution in [1.29, 1.82) is 0 Å². The van der Waals surface area contributed by atoms with Crippen molar-refractivity contribution in [3.05, 3.63) is 109 Å². The molecule has 4 nitrogen and oxygen atoms in total. The van der Waals surface area contributed by atoms with Crippen molar-refractivity contribution in [2.75, 3.05) is 6.61 Å². The summed E-state index contributed by atoms with van der Waals surface area (Å²) >= 11 is 0. The zero-order valence-corrected chi connectivity index (χ0v) is 52.6. The largest absolute Gasteiger partial charge is 0.394 e. The Labute approximate surface area is 493 Å². The number of hydrogen-bond acceptors (Lipinski definition) is 3. The number of aliphatic hydroxyl groups is 2. The summed E-state index contributed by atoms with van der Waals surface area (Å²) in [7, 11) is 0. The molecule has 0 heterocycles. The maximum Gasteiger partial charge on any atom is 0.220 e. The van der Waals surface area contributed by atoms with E-state index in [9.17, 15) is 15.0 Å². The third-order valence-corrected chi connectivity index (χ3v) is 15.5. The Kier molecular flexibility index (Phi) is 66.7. The van der Waals surface area contributed by atoms with Crippen LogP contribution in [0, 0.1) is 0 Å². The van der Waals surface area contributed by atoms with E-state index in [0.29, 0.717) is 12.8 Å². The van der Waals surface area contributed by atoms with Crippen molar-refractivity contribution >= 4 is 5.91 Å². The molecular weight excluding hydrogens is 963 g/mol. The number of rotatable bonds is 63. The first-order valence-electron chi connectivity index (χ1n) is 34.6. The van der Waals surface area contributed by atoms with Gasteiger partial charge in [0.15, 0.2) is 0 Å². The van der Waals surface area contributed by atoms with E-state index in [-0.39, 0.29) is 12.5 Å². The Bertz CT molecular complexity index is 1480. The zero-order chi connectivity index (χ0) is 56.9. The molecule has 0 saturated heterocycles. The molecule has 79 heavy (non-hydrogen) atoms. The molecule has 0 aromatic carbocycles. The average molecular weight is 1100 g/mol. The second-order valence-electron chi connectivity index (χ2n) is 23.2. The van der Waals surface area contributed by atoms with Crippen LogP contribution < -0.4 is 5.32 Å². The van der Waals surface area contributed by atoms with E-state index in [1.165, 1.54) is 218 Å². The molecule has 0 bridgehead atoms. The van der Waals surface area contributed by atoms with Crippen molar-refractivity contribution in [2.24, 2.45) is 0 Å².